The number of benzene rings is 1. The monoisotopic (exact) mass is 764 g/mol. The molecule has 2 heterocycles. The second-order valence-corrected chi connectivity index (χ2v) is 14.9. The number of amides is 3. The molecule has 3 amide bonds. The Balaban J connectivity index is 0.000000454. The van der Waals surface area contributed by atoms with E-state index < -0.39 is 11.9 Å². The van der Waals surface area contributed by atoms with Crippen molar-refractivity contribution in [3.8, 4) is 17.4 Å². The van der Waals surface area contributed by atoms with Crippen LogP contribution in [0.2, 0.25) is 0 Å². The molecule has 280 valence electrons. The molecule has 3 unspecified atom stereocenters. The molecule has 2 aromatic rings. The first kappa shape index (κ1) is 44.2. The topological polar surface area (TPSA) is 159 Å². The first-order valence-corrected chi connectivity index (χ1v) is 17.5. The molecular formula is C37H57BrN4O8. The molecule has 1 aliphatic rings. The van der Waals surface area contributed by atoms with Gasteiger partial charge in [-0.2, -0.15) is 0 Å². The van der Waals surface area contributed by atoms with Gasteiger partial charge in [-0.05, 0) is 73.5 Å². The highest BCUT2D eigenvalue weighted by Crippen LogP contribution is 2.39. The van der Waals surface area contributed by atoms with E-state index in [2.05, 4.69) is 65.2 Å². The number of rotatable bonds is 12. The average Bonchev–Trinajstić information content (AvgIpc) is 3.45. The van der Waals surface area contributed by atoms with Crippen LogP contribution in [0.25, 0.3) is 10.9 Å². The molecule has 1 fully saturated rings. The van der Waals surface area contributed by atoms with Crippen molar-refractivity contribution in [3.05, 3.63) is 35.3 Å². The van der Waals surface area contributed by atoms with Crippen LogP contribution in [0.15, 0.2) is 35.3 Å². The smallest absolute Gasteiger partial charge is 0.312 e. The van der Waals surface area contributed by atoms with Crippen LogP contribution in [0.3, 0.4) is 0 Å². The average molecular weight is 766 g/mol. The lowest BCUT2D eigenvalue weighted by molar-refractivity contribution is -0.143. The third-order valence-corrected chi connectivity index (χ3v) is 8.87. The van der Waals surface area contributed by atoms with Crippen molar-refractivity contribution in [1.82, 2.24) is 15.2 Å². The van der Waals surface area contributed by atoms with Crippen LogP contribution >= 0.6 is 15.9 Å². The van der Waals surface area contributed by atoms with Crippen LogP contribution in [0, 0.1) is 17.3 Å². The Morgan fingerprint density at radius 3 is 2.20 bits per heavy atom. The van der Waals surface area contributed by atoms with Crippen LogP contribution in [0.4, 0.5) is 0 Å². The maximum Gasteiger partial charge on any atom is 0.312 e. The largest absolute Gasteiger partial charge is 0.495 e. The zero-order valence-corrected chi connectivity index (χ0v) is 33.1. The summed E-state index contributed by atoms with van der Waals surface area (Å²) in [6.45, 7) is 22.7. The van der Waals surface area contributed by atoms with Gasteiger partial charge in [0.1, 0.15) is 23.6 Å². The molecule has 13 heteroatoms. The first-order chi connectivity index (χ1) is 23.3. The van der Waals surface area contributed by atoms with E-state index in [-0.39, 0.29) is 41.4 Å². The highest BCUT2D eigenvalue weighted by atomic mass is 79.9. The number of aromatic nitrogens is 1. The van der Waals surface area contributed by atoms with Gasteiger partial charge in [-0.3, -0.25) is 19.2 Å². The fraction of sp³-hybridized carbons (Fsp3) is 0.595. The second-order valence-electron chi connectivity index (χ2n) is 14.1. The van der Waals surface area contributed by atoms with E-state index in [0.29, 0.717) is 59.1 Å². The SMILES string of the molecule is C=CC(CC)C(=O)OC.CC(CC(=O)NC(C)(C)C)C(C)(C)C.CCOc1cc(O[C@@H]2CC(C(N)=O)N(C=O)C2)c2ccc(OC)c(Br)c2n1. The molecule has 50 heavy (non-hydrogen) atoms. The summed E-state index contributed by atoms with van der Waals surface area (Å²) in [5.74, 6) is 1.28. The second kappa shape index (κ2) is 20.1. The van der Waals surface area contributed by atoms with Crippen molar-refractivity contribution in [2.75, 3.05) is 27.4 Å². The fourth-order valence-electron chi connectivity index (χ4n) is 4.78. The number of ether oxygens (including phenoxy) is 4. The summed E-state index contributed by atoms with van der Waals surface area (Å²) in [6.07, 6.45) is 3.56. The first-order valence-electron chi connectivity index (χ1n) is 16.7. The summed E-state index contributed by atoms with van der Waals surface area (Å²) in [5, 5.41) is 3.74. The van der Waals surface area contributed by atoms with Gasteiger partial charge >= 0.3 is 5.97 Å². The highest BCUT2D eigenvalue weighted by molar-refractivity contribution is 9.10. The number of halogens is 1. The van der Waals surface area contributed by atoms with E-state index in [1.807, 2.05) is 40.7 Å². The van der Waals surface area contributed by atoms with Gasteiger partial charge in [-0.1, -0.05) is 40.7 Å². The van der Waals surface area contributed by atoms with Gasteiger partial charge in [0.05, 0.1) is 43.3 Å². The van der Waals surface area contributed by atoms with E-state index in [4.69, 9.17) is 19.9 Å². The van der Waals surface area contributed by atoms with Crippen molar-refractivity contribution in [1.29, 1.82) is 0 Å². The number of nitrogens with zero attached hydrogens (tertiary/aromatic N) is 2. The molecule has 3 rings (SSSR count). The summed E-state index contributed by atoms with van der Waals surface area (Å²) in [6, 6.07) is 4.68. The number of primary amides is 1. The van der Waals surface area contributed by atoms with Crippen LogP contribution in [0.5, 0.6) is 17.4 Å². The highest BCUT2D eigenvalue weighted by Gasteiger charge is 2.36. The van der Waals surface area contributed by atoms with E-state index in [1.54, 1.807) is 25.3 Å². The van der Waals surface area contributed by atoms with E-state index in [0.717, 1.165) is 11.8 Å². The number of nitrogens with one attached hydrogen (secondary N) is 1. The number of carbonyl (C=O) groups excluding carboxylic acids is 4. The molecule has 0 radical (unpaired) electrons. The number of pyridine rings is 1. The van der Waals surface area contributed by atoms with Crippen LogP contribution in [0.1, 0.15) is 81.6 Å². The molecular weight excluding hydrogens is 708 g/mol. The zero-order valence-electron chi connectivity index (χ0n) is 31.6. The third kappa shape index (κ3) is 13.8. The third-order valence-electron chi connectivity index (χ3n) is 8.11. The quantitative estimate of drug-likeness (QED) is 0.146. The Labute approximate surface area is 305 Å². The molecule has 0 aliphatic carbocycles. The van der Waals surface area contributed by atoms with Gasteiger partial charge in [0.25, 0.3) is 0 Å². The lowest BCUT2D eigenvalue weighted by atomic mass is 9.80. The van der Waals surface area contributed by atoms with Crippen LogP contribution in [-0.2, 0) is 23.9 Å². The summed E-state index contributed by atoms with van der Waals surface area (Å²) in [7, 11) is 2.96. The summed E-state index contributed by atoms with van der Waals surface area (Å²) >= 11 is 3.51. The number of fused-ring (bicyclic) bond motifs is 1. The minimum Gasteiger partial charge on any atom is -0.495 e. The number of carbonyl (C=O) groups is 4. The Morgan fingerprint density at radius 2 is 1.78 bits per heavy atom. The molecule has 1 aliphatic heterocycles. The zero-order chi connectivity index (χ0) is 38.4. The number of hydrogen-bond acceptors (Lipinski definition) is 9. The molecule has 3 N–H and O–H groups in total. The molecule has 1 saturated heterocycles. The Morgan fingerprint density at radius 1 is 1.14 bits per heavy atom. The minimum atomic E-state index is -0.668. The lowest BCUT2D eigenvalue weighted by Gasteiger charge is -2.28. The van der Waals surface area contributed by atoms with Gasteiger partial charge in [0.2, 0.25) is 24.1 Å². The molecule has 0 spiro atoms. The fourth-order valence-corrected chi connectivity index (χ4v) is 5.38. The number of esters is 1. The van der Waals surface area contributed by atoms with Crippen molar-refractivity contribution in [3.63, 3.8) is 0 Å². The normalized spacial score (nSPS) is 16.8. The van der Waals surface area contributed by atoms with Gasteiger partial charge in [-0.15, -0.1) is 6.58 Å². The maximum atomic E-state index is 11.6. The van der Waals surface area contributed by atoms with Gasteiger partial charge in [0.15, 0.2) is 0 Å². The number of hydrogen-bond donors (Lipinski definition) is 2. The number of methoxy groups -OCH3 is 2. The van der Waals surface area contributed by atoms with Crippen molar-refractivity contribution in [2.45, 2.75) is 99.3 Å². The summed E-state index contributed by atoms with van der Waals surface area (Å²) < 4.78 is 22.2. The Hall–Kier alpha value is -3.87. The van der Waals surface area contributed by atoms with Gasteiger partial charge in [-0.25, -0.2) is 4.98 Å². The lowest BCUT2D eigenvalue weighted by Crippen LogP contribution is -2.41. The molecule has 0 bridgehead atoms. The van der Waals surface area contributed by atoms with Crippen molar-refractivity contribution < 1.29 is 38.1 Å². The summed E-state index contributed by atoms with van der Waals surface area (Å²) in [4.78, 5) is 50.9. The number of nitrogens with two attached hydrogens (primary N) is 1. The van der Waals surface area contributed by atoms with Crippen molar-refractivity contribution in [2.24, 2.45) is 23.0 Å². The molecule has 4 atom stereocenters. The number of likely N-dealkylation sites (tertiary alicyclic amines) is 1. The maximum absolute atomic E-state index is 11.6. The van der Waals surface area contributed by atoms with Gasteiger partial charge in [0, 0.05) is 29.8 Å². The standard InChI is InChI=1S/C18H20BrN3O5.C12H25NO.C7H12O2/c1-3-26-15-7-14(11-4-5-13(25-2)16(19)17(11)21-15)27-10-6-12(18(20)24)22(8-10)9-23;1-9(11(2,3)4)8-10(14)13-12(5,6)7;1-4-6(5-2)7(8)9-3/h4-5,7,9-10,12H,3,6,8H2,1-2H3,(H2,20,24);9H,8H2,1-7H3,(H,13,14);4,6H,1,5H2,2-3H3/t10-,12?;;/m1../s1. The predicted octanol–water partition coefficient (Wildman–Crippen LogP) is 6.21. The Bertz CT molecular complexity index is 1450. The van der Waals surface area contributed by atoms with E-state index in [1.165, 1.54) is 12.0 Å². The van der Waals surface area contributed by atoms with E-state index in [9.17, 15) is 19.2 Å². The molecule has 0 saturated carbocycles. The molecule has 1 aromatic carbocycles. The summed E-state index contributed by atoms with van der Waals surface area (Å²) in [5.41, 5.74) is 6.10. The predicted molar refractivity (Wildman–Crippen MR) is 199 cm³/mol. The minimum absolute atomic E-state index is 0.116. The Kier molecular flexibility index (Phi) is 17.7. The van der Waals surface area contributed by atoms with Crippen LogP contribution in [-0.4, -0.2) is 79.1 Å². The van der Waals surface area contributed by atoms with Crippen molar-refractivity contribution >= 4 is 51.0 Å². The molecule has 1 aromatic heterocycles. The van der Waals surface area contributed by atoms with Crippen LogP contribution < -0.4 is 25.3 Å². The van der Waals surface area contributed by atoms with E-state index >= 15 is 0 Å². The van der Waals surface area contributed by atoms with Gasteiger partial charge < -0.3 is 34.9 Å². The molecule has 12 nitrogen and oxygen atoms in total.